The van der Waals surface area contributed by atoms with Crippen LogP contribution in [0, 0.1) is 5.92 Å². The van der Waals surface area contributed by atoms with Crippen LogP contribution in [0.1, 0.15) is 35.9 Å². The van der Waals surface area contributed by atoms with Gasteiger partial charge in [0.05, 0.1) is 12.1 Å². The van der Waals surface area contributed by atoms with Crippen molar-refractivity contribution in [1.82, 2.24) is 10.1 Å². The largest absolute Gasteiger partial charge is 0.375 e. The Balaban J connectivity index is 2.07. The van der Waals surface area contributed by atoms with Gasteiger partial charge in [0.15, 0.2) is 5.82 Å². The fourth-order valence-electron chi connectivity index (χ4n) is 1.86. The van der Waals surface area contributed by atoms with Gasteiger partial charge in [0, 0.05) is 17.1 Å². The Labute approximate surface area is 127 Å². The van der Waals surface area contributed by atoms with E-state index in [4.69, 9.17) is 21.9 Å². The van der Waals surface area contributed by atoms with Crippen LogP contribution in [-0.2, 0) is 13.0 Å². The minimum Gasteiger partial charge on any atom is -0.375 e. The molecule has 0 fully saturated rings. The summed E-state index contributed by atoms with van der Waals surface area (Å²) >= 11 is 5.92. The van der Waals surface area contributed by atoms with Crippen molar-refractivity contribution in [2.24, 2.45) is 11.7 Å². The first-order valence-electron chi connectivity index (χ1n) is 6.60. The monoisotopic (exact) mass is 308 g/mol. The number of carbonyl (C=O) groups is 1. The third kappa shape index (κ3) is 4.19. The number of nitrogens with zero attached hydrogens (tertiary/aromatic N) is 2. The Morgan fingerprint density at radius 1 is 1.48 bits per heavy atom. The number of hydrogen-bond acceptors (Lipinski definition) is 5. The van der Waals surface area contributed by atoms with E-state index in [1.807, 2.05) is 0 Å². The van der Waals surface area contributed by atoms with E-state index in [0.29, 0.717) is 40.5 Å². The van der Waals surface area contributed by atoms with Gasteiger partial charge in [-0.3, -0.25) is 4.79 Å². The third-order valence-corrected chi connectivity index (χ3v) is 3.01. The average Bonchev–Trinajstić information content (AvgIpc) is 2.82. The van der Waals surface area contributed by atoms with Gasteiger partial charge in [0.2, 0.25) is 5.89 Å². The first-order valence-corrected chi connectivity index (χ1v) is 6.98. The van der Waals surface area contributed by atoms with E-state index in [-0.39, 0.29) is 0 Å². The number of rotatable bonds is 6. The van der Waals surface area contributed by atoms with E-state index < -0.39 is 5.91 Å². The van der Waals surface area contributed by atoms with E-state index >= 15 is 0 Å². The highest BCUT2D eigenvalue weighted by Gasteiger charge is 2.11. The number of nitrogens with two attached hydrogens (primary N) is 1. The van der Waals surface area contributed by atoms with E-state index in [9.17, 15) is 4.79 Å². The van der Waals surface area contributed by atoms with E-state index in [2.05, 4.69) is 29.3 Å². The molecule has 3 N–H and O–H groups in total. The maximum atomic E-state index is 11.4. The van der Waals surface area contributed by atoms with Crippen molar-refractivity contribution in [3.63, 3.8) is 0 Å². The Morgan fingerprint density at radius 2 is 2.24 bits per heavy atom. The summed E-state index contributed by atoms with van der Waals surface area (Å²) in [6.45, 7) is 4.46. The van der Waals surface area contributed by atoms with Crippen molar-refractivity contribution in [1.29, 1.82) is 0 Å². The zero-order valence-corrected chi connectivity index (χ0v) is 12.6. The molecule has 0 aliphatic carbocycles. The van der Waals surface area contributed by atoms with Gasteiger partial charge >= 0.3 is 0 Å². The molecule has 0 atom stereocenters. The minimum absolute atomic E-state index is 0.297. The van der Waals surface area contributed by atoms with Crippen molar-refractivity contribution in [2.45, 2.75) is 26.8 Å². The van der Waals surface area contributed by atoms with Gasteiger partial charge < -0.3 is 15.6 Å². The fourth-order valence-corrected chi connectivity index (χ4v) is 2.03. The summed E-state index contributed by atoms with van der Waals surface area (Å²) in [5.74, 6) is 1.04. The minimum atomic E-state index is -0.528. The van der Waals surface area contributed by atoms with Crippen LogP contribution >= 0.6 is 11.6 Å². The molecule has 7 heteroatoms. The number of primary amides is 1. The van der Waals surface area contributed by atoms with Crippen LogP contribution in [0.15, 0.2) is 22.7 Å². The molecular formula is C14H17ClN4O2. The Kier molecular flexibility index (Phi) is 4.80. The Morgan fingerprint density at radius 3 is 2.90 bits per heavy atom. The lowest BCUT2D eigenvalue weighted by atomic mass is 10.1. The fraction of sp³-hybridized carbons (Fsp3) is 0.357. The molecule has 1 aromatic heterocycles. The van der Waals surface area contributed by atoms with Crippen molar-refractivity contribution in [3.8, 4) is 0 Å². The molecule has 6 nitrogen and oxygen atoms in total. The van der Waals surface area contributed by atoms with Crippen LogP contribution in [0.25, 0.3) is 0 Å². The summed E-state index contributed by atoms with van der Waals surface area (Å²) in [7, 11) is 0. The van der Waals surface area contributed by atoms with Crippen LogP contribution in [-0.4, -0.2) is 16.0 Å². The predicted octanol–water partition coefficient (Wildman–Crippen LogP) is 2.63. The molecule has 1 amide bonds. The number of carbonyl (C=O) groups excluding carboxylic acids is 1. The Bertz CT molecular complexity index is 640. The highest BCUT2D eigenvalue weighted by molar-refractivity contribution is 6.31. The molecule has 0 saturated carbocycles. The van der Waals surface area contributed by atoms with Gasteiger partial charge in [0.25, 0.3) is 5.91 Å². The second kappa shape index (κ2) is 6.58. The standard InChI is InChI=1S/C14H17ClN4O2/c1-8(2)5-12-18-13(21-19-12)7-17-11-6-9(15)3-4-10(11)14(16)20/h3-4,6,8,17H,5,7H2,1-2H3,(H2,16,20). The summed E-state index contributed by atoms with van der Waals surface area (Å²) in [6.07, 6.45) is 0.757. The number of amides is 1. The second-order valence-corrected chi connectivity index (χ2v) is 5.55. The van der Waals surface area contributed by atoms with E-state index in [0.717, 1.165) is 6.42 Å². The quantitative estimate of drug-likeness (QED) is 0.855. The SMILES string of the molecule is CC(C)Cc1noc(CNc2cc(Cl)ccc2C(N)=O)n1. The van der Waals surface area contributed by atoms with Crippen molar-refractivity contribution in [2.75, 3.05) is 5.32 Å². The third-order valence-electron chi connectivity index (χ3n) is 2.78. The number of aromatic nitrogens is 2. The van der Waals surface area contributed by atoms with Crippen LogP contribution < -0.4 is 11.1 Å². The molecular weight excluding hydrogens is 292 g/mol. The predicted molar refractivity (Wildman–Crippen MR) is 80.1 cm³/mol. The maximum Gasteiger partial charge on any atom is 0.250 e. The summed E-state index contributed by atoms with van der Waals surface area (Å²) in [6, 6.07) is 4.82. The number of hydrogen-bond donors (Lipinski definition) is 2. The molecule has 0 radical (unpaired) electrons. The topological polar surface area (TPSA) is 94.0 Å². The van der Waals surface area contributed by atoms with Gasteiger partial charge in [-0.2, -0.15) is 4.98 Å². The summed E-state index contributed by atoms with van der Waals surface area (Å²) in [5.41, 5.74) is 6.22. The first-order chi connectivity index (χ1) is 9.95. The molecule has 2 rings (SSSR count). The normalized spacial score (nSPS) is 10.9. The lowest BCUT2D eigenvalue weighted by Crippen LogP contribution is -2.14. The Hall–Kier alpha value is -2.08. The highest BCUT2D eigenvalue weighted by atomic mass is 35.5. The number of halogens is 1. The van der Waals surface area contributed by atoms with E-state index in [1.165, 1.54) is 0 Å². The molecule has 0 saturated heterocycles. The molecule has 1 heterocycles. The molecule has 0 unspecified atom stereocenters. The zero-order chi connectivity index (χ0) is 15.4. The van der Waals surface area contributed by atoms with E-state index in [1.54, 1.807) is 18.2 Å². The molecule has 0 aliphatic heterocycles. The molecule has 21 heavy (non-hydrogen) atoms. The number of nitrogens with one attached hydrogen (secondary N) is 1. The smallest absolute Gasteiger partial charge is 0.250 e. The molecule has 1 aromatic carbocycles. The summed E-state index contributed by atoms with van der Waals surface area (Å²) in [5, 5.41) is 7.44. The van der Waals surface area contributed by atoms with Crippen LogP contribution in [0.3, 0.4) is 0 Å². The van der Waals surface area contributed by atoms with Gasteiger partial charge in [-0.1, -0.05) is 30.6 Å². The van der Waals surface area contributed by atoms with Crippen LogP contribution in [0.2, 0.25) is 5.02 Å². The summed E-state index contributed by atoms with van der Waals surface area (Å²) in [4.78, 5) is 15.6. The van der Waals surface area contributed by atoms with Crippen LogP contribution in [0.5, 0.6) is 0 Å². The number of anilines is 1. The first kappa shape index (κ1) is 15.3. The van der Waals surface area contributed by atoms with Crippen molar-refractivity contribution >= 4 is 23.2 Å². The van der Waals surface area contributed by atoms with Gasteiger partial charge in [-0.25, -0.2) is 0 Å². The summed E-state index contributed by atoms with van der Waals surface area (Å²) < 4.78 is 5.15. The molecule has 2 aromatic rings. The van der Waals surface area contributed by atoms with Crippen LogP contribution in [0.4, 0.5) is 5.69 Å². The van der Waals surface area contributed by atoms with Gasteiger partial charge in [0.1, 0.15) is 0 Å². The van der Waals surface area contributed by atoms with Crippen molar-refractivity contribution < 1.29 is 9.32 Å². The van der Waals surface area contributed by atoms with Gasteiger partial charge in [-0.15, -0.1) is 0 Å². The highest BCUT2D eigenvalue weighted by Crippen LogP contribution is 2.21. The van der Waals surface area contributed by atoms with Crippen molar-refractivity contribution in [3.05, 3.63) is 40.5 Å². The molecule has 0 aliphatic rings. The number of benzene rings is 1. The lowest BCUT2D eigenvalue weighted by molar-refractivity contribution is 0.100. The molecule has 0 spiro atoms. The maximum absolute atomic E-state index is 11.4. The van der Waals surface area contributed by atoms with Gasteiger partial charge in [-0.05, 0) is 24.1 Å². The average molecular weight is 309 g/mol. The lowest BCUT2D eigenvalue weighted by Gasteiger charge is -2.08. The zero-order valence-electron chi connectivity index (χ0n) is 11.9. The molecule has 112 valence electrons. The second-order valence-electron chi connectivity index (χ2n) is 5.11. The molecule has 0 bridgehead atoms.